The van der Waals surface area contributed by atoms with Crippen LogP contribution in [0.2, 0.25) is 0 Å². The van der Waals surface area contributed by atoms with E-state index in [4.69, 9.17) is 0 Å². The summed E-state index contributed by atoms with van der Waals surface area (Å²) < 4.78 is 0. The average molecular weight is 268 g/mol. The molecule has 2 aliphatic heterocycles. The molecule has 2 saturated heterocycles. The predicted molar refractivity (Wildman–Crippen MR) is 68.4 cm³/mol. The van der Waals surface area contributed by atoms with E-state index in [2.05, 4.69) is 10.2 Å². The Morgan fingerprint density at radius 1 is 1.05 bits per heavy atom. The van der Waals surface area contributed by atoms with Gasteiger partial charge in [0.25, 0.3) is 0 Å². The molecule has 0 aromatic heterocycles. The van der Waals surface area contributed by atoms with Crippen LogP contribution in [0, 0.1) is 0 Å². The molecule has 2 aliphatic rings. The Morgan fingerprint density at radius 3 is 2.26 bits per heavy atom. The zero-order valence-electron chi connectivity index (χ0n) is 11.3. The van der Waals surface area contributed by atoms with Gasteiger partial charge in [0.05, 0.1) is 12.5 Å². The topological polar surface area (TPSA) is 75.7 Å². The first-order valence-electron chi connectivity index (χ1n) is 7.13. The highest BCUT2D eigenvalue weighted by Gasteiger charge is 2.27. The number of piperidine rings is 2. The van der Waals surface area contributed by atoms with Crippen molar-refractivity contribution in [2.24, 2.45) is 0 Å². The fourth-order valence-corrected chi connectivity index (χ4v) is 2.98. The van der Waals surface area contributed by atoms with Crippen LogP contribution in [0.3, 0.4) is 0 Å². The van der Waals surface area contributed by atoms with Crippen molar-refractivity contribution in [2.75, 3.05) is 32.7 Å². The molecular weight excluding hydrogens is 246 g/mol. The van der Waals surface area contributed by atoms with Gasteiger partial charge >= 0.3 is 6.03 Å². The van der Waals surface area contributed by atoms with Crippen molar-refractivity contribution >= 4 is 12.0 Å². The second kappa shape index (κ2) is 6.75. The van der Waals surface area contributed by atoms with Gasteiger partial charge in [-0.25, -0.2) is 4.79 Å². The van der Waals surface area contributed by atoms with Crippen molar-refractivity contribution in [2.45, 2.75) is 38.1 Å². The van der Waals surface area contributed by atoms with Crippen LogP contribution in [0.25, 0.3) is 0 Å². The fraction of sp³-hybridized carbons (Fsp3) is 0.846. The molecule has 6 nitrogen and oxygen atoms in total. The molecule has 0 unspecified atom stereocenters. The summed E-state index contributed by atoms with van der Waals surface area (Å²) in [6, 6.07) is 0.298. The second-order valence-corrected chi connectivity index (χ2v) is 5.35. The fourth-order valence-electron chi connectivity index (χ4n) is 2.98. The first-order chi connectivity index (χ1) is 9.16. The lowest BCUT2D eigenvalue weighted by Crippen LogP contribution is -2.51. The number of hydrogen-bond donors (Lipinski definition) is 1. The summed E-state index contributed by atoms with van der Waals surface area (Å²) >= 11 is 0. The molecule has 108 valence electrons. The van der Waals surface area contributed by atoms with Crippen LogP contribution < -0.4 is 10.4 Å². The molecule has 0 aromatic carbocycles. The van der Waals surface area contributed by atoms with Gasteiger partial charge in [-0.2, -0.15) is 0 Å². The van der Waals surface area contributed by atoms with Gasteiger partial charge in [0.1, 0.15) is 0 Å². The average Bonchev–Trinajstić information content (AvgIpc) is 2.46. The maximum absolute atomic E-state index is 11.7. The van der Waals surface area contributed by atoms with Gasteiger partial charge < -0.3 is 25.0 Å². The van der Waals surface area contributed by atoms with Gasteiger partial charge in [-0.05, 0) is 38.8 Å². The molecule has 2 rings (SSSR count). The summed E-state index contributed by atoms with van der Waals surface area (Å²) in [5.74, 6) is -1.25. The summed E-state index contributed by atoms with van der Waals surface area (Å²) in [5, 5.41) is 12.7. The monoisotopic (exact) mass is 268 g/mol. The number of aliphatic carboxylic acids is 1. The van der Waals surface area contributed by atoms with Crippen molar-refractivity contribution in [1.82, 2.24) is 15.1 Å². The molecule has 2 heterocycles. The molecule has 0 saturated carbocycles. The number of carboxylic acid groups (broad SMARTS) is 1. The number of likely N-dealkylation sites (tertiary alicyclic amines) is 2. The minimum atomic E-state index is -1.25. The standard InChI is InChI=1S/C13H23N3O3/c17-12(18)10-14-13(19)16-8-4-11(5-9-16)15-6-2-1-3-7-15/h11H,1-10H2,(H,14,19)(H,17,18)/p-1. The highest BCUT2D eigenvalue weighted by molar-refractivity contribution is 5.79. The normalized spacial score (nSPS) is 22.2. The van der Waals surface area contributed by atoms with Crippen molar-refractivity contribution in [1.29, 1.82) is 0 Å². The molecule has 0 aliphatic carbocycles. The third-order valence-corrected chi connectivity index (χ3v) is 4.04. The Hall–Kier alpha value is -1.30. The quantitative estimate of drug-likeness (QED) is 0.741. The van der Waals surface area contributed by atoms with Crippen LogP contribution in [0.4, 0.5) is 4.79 Å². The number of nitrogens with one attached hydrogen (secondary N) is 1. The molecule has 1 N–H and O–H groups in total. The molecule has 19 heavy (non-hydrogen) atoms. The molecule has 2 amide bonds. The first kappa shape index (κ1) is 14.1. The zero-order valence-corrected chi connectivity index (χ0v) is 11.3. The molecule has 0 aromatic rings. The lowest BCUT2D eigenvalue weighted by Gasteiger charge is -2.40. The summed E-state index contributed by atoms with van der Waals surface area (Å²) in [5.41, 5.74) is 0. The van der Waals surface area contributed by atoms with Crippen molar-refractivity contribution in [3.05, 3.63) is 0 Å². The van der Waals surface area contributed by atoms with E-state index in [1.165, 1.54) is 32.4 Å². The van der Waals surface area contributed by atoms with E-state index < -0.39 is 12.5 Å². The van der Waals surface area contributed by atoms with E-state index in [9.17, 15) is 14.7 Å². The van der Waals surface area contributed by atoms with Crippen molar-refractivity contribution in [3.8, 4) is 0 Å². The zero-order chi connectivity index (χ0) is 13.7. The smallest absolute Gasteiger partial charge is 0.317 e. The van der Waals surface area contributed by atoms with Crippen molar-refractivity contribution in [3.63, 3.8) is 0 Å². The second-order valence-electron chi connectivity index (χ2n) is 5.35. The Kier molecular flexibility index (Phi) is 5.01. The first-order valence-corrected chi connectivity index (χ1v) is 7.13. The van der Waals surface area contributed by atoms with Crippen LogP contribution in [0.5, 0.6) is 0 Å². The predicted octanol–water partition coefficient (Wildman–Crippen LogP) is -0.604. The number of rotatable bonds is 3. The van der Waals surface area contributed by atoms with E-state index in [0.717, 1.165) is 12.8 Å². The Balaban J connectivity index is 1.72. The van der Waals surface area contributed by atoms with Crippen molar-refractivity contribution < 1.29 is 14.7 Å². The van der Waals surface area contributed by atoms with E-state index in [1.54, 1.807) is 4.90 Å². The lowest BCUT2D eigenvalue weighted by molar-refractivity contribution is -0.303. The Morgan fingerprint density at radius 2 is 1.68 bits per heavy atom. The Labute approximate surface area is 113 Å². The van der Waals surface area contributed by atoms with E-state index in [0.29, 0.717) is 19.1 Å². The molecule has 0 radical (unpaired) electrons. The molecule has 2 fully saturated rings. The van der Waals surface area contributed by atoms with Crippen LogP contribution >= 0.6 is 0 Å². The molecule has 0 atom stereocenters. The van der Waals surface area contributed by atoms with Gasteiger partial charge in [-0.3, -0.25) is 0 Å². The third kappa shape index (κ3) is 4.09. The highest BCUT2D eigenvalue weighted by atomic mass is 16.4. The SMILES string of the molecule is O=C([O-])CNC(=O)N1CCC(N2CCCCC2)CC1. The molecule has 6 heteroatoms. The minimum absolute atomic E-state index is 0.290. The van der Waals surface area contributed by atoms with Gasteiger partial charge in [-0.15, -0.1) is 0 Å². The molecule has 0 bridgehead atoms. The van der Waals surface area contributed by atoms with Gasteiger partial charge in [0.15, 0.2) is 0 Å². The van der Waals surface area contributed by atoms with Gasteiger partial charge in [-0.1, -0.05) is 6.42 Å². The van der Waals surface area contributed by atoms with Crippen LogP contribution in [0.15, 0.2) is 0 Å². The van der Waals surface area contributed by atoms with E-state index >= 15 is 0 Å². The number of nitrogens with zero attached hydrogens (tertiary/aromatic N) is 2. The number of urea groups is 1. The maximum Gasteiger partial charge on any atom is 0.317 e. The third-order valence-electron chi connectivity index (χ3n) is 4.04. The maximum atomic E-state index is 11.7. The summed E-state index contributed by atoms with van der Waals surface area (Å²) in [6.45, 7) is 3.37. The number of carbonyl (C=O) groups is 2. The molecule has 0 spiro atoms. The summed E-state index contributed by atoms with van der Waals surface area (Å²) in [4.78, 5) is 26.2. The number of carboxylic acids is 1. The van der Waals surface area contributed by atoms with E-state index in [-0.39, 0.29) is 6.03 Å². The Bertz CT molecular complexity index is 321. The van der Waals surface area contributed by atoms with Crippen LogP contribution in [-0.2, 0) is 4.79 Å². The van der Waals surface area contributed by atoms with Gasteiger partial charge in [0.2, 0.25) is 0 Å². The lowest BCUT2D eigenvalue weighted by atomic mass is 10.0. The largest absolute Gasteiger partial charge is 0.548 e. The summed E-state index contributed by atoms with van der Waals surface area (Å²) in [6.07, 6.45) is 5.87. The van der Waals surface area contributed by atoms with Gasteiger partial charge in [0, 0.05) is 19.1 Å². The van der Waals surface area contributed by atoms with E-state index in [1.807, 2.05) is 0 Å². The molecular formula is C13H22N3O3-. The van der Waals surface area contributed by atoms with Crippen LogP contribution in [0.1, 0.15) is 32.1 Å². The summed E-state index contributed by atoms with van der Waals surface area (Å²) in [7, 11) is 0. The number of hydrogen-bond acceptors (Lipinski definition) is 4. The highest BCUT2D eigenvalue weighted by Crippen LogP contribution is 2.20. The van der Waals surface area contributed by atoms with Crippen LogP contribution in [-0.4, -0.2) is 60.6 Å². The number of carbonyl (C=O) groups excluding carboxylic acids is 2. The minimum Gasteiger partial charge on any atom is -0.548 e. The number of amides is 2.